The molecule has 2 rings (SSSR count). The molecule has 0 heterocycles. The van der Waals surface area contributed by atoms with Crippen molar-refractivity contribution < 1.29 is 19.1 Å². The van der Waals surface area contributed by atoms with Crippen LogP contribution >= 0.6 is 0 Å². The summed E-state index contributed by atoms with van der Waals surface area (Å²) in [6, 6.07) is 17.1. The minimum absolute atomic E-state index is 0.0394. The first-order valence-corrected chi connectivity index (χ1v) is 7.88. The highest BCUT2D eigenvalue weighted by Crippen LogP contribution is 2.16. The average molecular weight is 351 g/mol. The lowest BCUT2D eigenvalue weighted by Crippen LogP contribution is -2.43. The highest BCUT2D eigenvalue weighted by atomic mass is 16.5. The first-order chi connectivity index (χ1) is 12.6. The van der Waals surface area contributed by atoms with Gasteiger partial charge >= 0.3 is 0 Å². The number of ether oxygens (including phenoxy) is 1. The van der Waals surface area contributed by atoms with E-state index in [1.54, 1.807) is 54.6 Å². The largest absolute Gasteiger partial charge is 0.482 e. The minimum Gasteiger partial charge on any atom is -0.482 e. The number of nitrogens with one attached hydrogen (secondary N) is 2. The summed E-state index contributed by atoms with van der Waals surface area (Å²) in [6.45, 7) is -0.359. The van der Waals surface area contributed by atoms with Crippen molar-refractivity contribution in [3.63, 3.8) is 0 Å². The second kappa shape index (κ2) is 9.59. The van der Waals surface area contributed by atoms with Gasteiger partial charge in [0, 0.05) is 18.4 Å². The molecule has 0 spiro atoms. The van der Waals surface area contributed by atoms with Crippen LogP contribution in [0.5, 0.6) is 5.75 Å². The number of carbonyl (C=O) groups excluding carboxylic acids is 3. The molecule has 0 saturated carbocycles. The predicted molar refractivity (Wildman–Crippen MR) is 92.9 cm³/mol. The van der Waals surface area contributed by atoms with E-state index in [-0.39, 0.29) is 31.0 Å². The van der Waals surface area contributed by atoms with Gasteiger partial charge in [-0.2, -0.15) is 5.26 Å². The minimum atomic E-state index is -0.583. The maximum absolute atomic E-state index is 11.9. The van der Waals surface area contributed by atoms with E-state index in [0.717, 1.165) is 0 Å². The Labute approximate surface area is 150 Å². The summed E-state index contributed by atoms with van der Waals surface area (Å²) in [4.78, 5) is 35.3. The van der Waals surface area contributed by atoms with Gasteiger partial charge in [0.05, 0.1) is 5.56 Å². The second-order valence-corrected chi connectivity index (χ2v) is 5.28. The molecule has 7 heteroatoms. The van der Waals surface area contributed by atoms with Gasteiger partial charge in [-0.25, -0.2) is 0 Å². The van der Waals surface area contributed by atoms with E-state index in [9.17, 15) is 14.4 Å². The summed E-state index contributed by atoms with van der Waals surface area (Å²) >= 11 is 0. The molecule has 132 valence electrons. The zero-order chi connectivity index (χ0) is 18.8. The maximum atomic E-state index is 11.9. The van der Waals surface area contributed by atoms with Crippen molar-refractivity contribution in [2.75, 3.05) is 6.61 Å². The Bertz CT molecular complexity index is 828. The molecule has 0 saturated heterocycles. The topological polar surface area (TPSA) is 108 Å². The molecular weight excluding hydrogens is 334 g/mol. The molecule has 0 radical (unpaired) electrons. The lowest BCUT2D eigenvalue weighted by Gasteiger charge is -2.09. The van der Waals surface area contributed by atoms with E-state index in [1.807, 2.05) is 6.07 Å². The Balaban J connectivity index is 1.69. The van der Waals surface area contributed by atoms with Crippen LogP contribution in [-0.4, -0.2) is 24.2 Å². The van der Waals surface area contributed by atoms with E-state index in [2.05, 4.69) is 10.9 Å². The van der Waals surface area contributed by atoms with Crippen LogP contribution in [0.15, 0.2) is 54.6 Å². The normalized spacial score (nSPS) is 9.65. The molecule has 2 N–H and O–H groups in total. The second-order valence-electron chi connectivity index (χ2n) is 5.28. The molecule has 2 amide bonds. The van der Waals surface area contributed by atoms with Gasteiger partial charge in [-0.15, -0.1) is 0 Å². The van der Waals surface area contributed by atoms with E-state index in [1.165, 1.54) is 0 Å². The number of amides is 2. The third-order valence-electron chi connectivity index (χ3n) is 3.38. The molecule has 2 aromatic rings. The van der Waals surface area contributed by atoms with Gasteiger partial charge in [0.1, 0.15) is 11.8 Å². The SMILES string of the molecule is N#Cc1ccccc1OCC(=O)NNC(=O)CCC(=O)c1ccccc1. The van der Waals surface area contributed by atoms with Gasteiger partial charge in [0.25, 0.3) is 5.91 Å². The number of rotatable bonds is 7. The van der Waals surface area contributed by atoms with Crippen LogP contribution in [0.1, 0.15) is 28.8 Å². The van der Waals surface area contributed by atoms with Crippen LogP contribution in [0.4, 0.5) is 0 Å². The number of nitriles is 1. The molecule has 0 aliphatic heterocycles. The number of hydrazine groups is 1. The maximum Gasteiger partial charge on any atom is 0.276 e. The summed E-state index contributed by atoms with van der Waals surface area (Å²) in [5.41, 5.74) is 5.26. The van der Waals surface area contributed by atoms with Gasteiger partial charge in [-0.3, -0.25) is 25.2 Å². The average Bonchev–Trinajstić information content (AvgIpc) is 2.69. The van der Waals surface area contributed by atoms with Crippen LogP contribution in [0.2, 0.25) is 0 Å². The van der Waals surface area contributed by atoms with Crippen molar-refractivity contribution in [3.8, 4) is 11.8 Å². The van der Waals surface area contributed by atoms with E-state index < -0.39 is 11.8 Å². The van der Waals surface area contributed by atoms with Crippen molar-refractivity contribution in [2.24, 2.45) is 0 Å². The molecule has 0 atom stereocenters. The molecule has 0 aliphatic carbocycles. The Hall–Kier alpha value is -3.66. The zero-order valence-electron chi connectivity index (χ0n) is 13.9. The Kier molecular flexibility index (Phi) is 6.89. The fourth-order valence-corrected chi connectivity index (χ4v) is 2.06. The molecule has 7 nitrogen and oxygen atoms in total. The highest BCUT2D eigenvalue weighted by Gasteiger charge is 2.10. The van der Waals surface area contributed by atoms with Crippen molar-refractivity contribution in [3.05, 3.63) is 65.7 Å². The Morgan fingerprint density at radius 3 is 2.27 bits per heavy atom. The van der Waals surface area contributed by atoms with Crippen molar-refractivity contribution in [2.45, 2.75) is 12.8 Å². The summed E-state index contributed by atoms with van der Waals surface area (Å²) in [5.74, 6) is -0.936. The monoisotopic (exact) mass is 351 g/mol. The standard InChI is InChI=1S/C19H17N3O4/c20-12-15-8-4-5-9-17(15)26-13-19(25)22-21-18(24)11-10-16(23)14-6-2-1-3-7-14/h1-9H,10-11,13H2,(H,21,24)(H,22,25). The van der Waals surface area contributed by atoms with Crippen molar-refractivity contribution >= 4 is 17.6 Å². The van der Waals surface area contributed by atoms with E-state index in [4.69, 9.17) is 10.00 Å². The number of para-hydroxylation sites is 1. The lowest BCUT2D eigenvalue weighted by molar-refractivity contribution is -0.130. The molecule has 0 aliphatic rings. The van der Waals surface area contributed by atoms with Gasteiger partial charge < -0.3 is 4.74 Å². The first-order valence-electron chi connectivity index (χ1n) is 7.88. The molecular formula is C19H17N3O4. The molecule has 0 bridgehead atoms. The number of carbonyl (C=O) groups is 3. The Morgan fingerprint density at radius 1 is 0.885 bits per heavy atom. The molecule has 2 aromatic carbocycles. The van der Waals surface area contributed by atoms with Gasteiger partial charge in [0.2, 0.25) is 5.91 Å². The van der Waals surface area contributed by atoms with Crippen LogP contribution < -0.4 is 15.6 Å². The summed E-state index contributed by atoms with van der Waals surface area (Å²) in [5, 5.41) is 8.93. The Morgan fingerprint density at radius 2 is 1.54 bits per heavy atom. The fourth-order valence-electron chi connectivity index (χ4n) is 2.06. The van der Waals surface area contributed by atoms with Crippen molar-refractivity contribution in [1.29, 1.82) is 5.26 Å². The molecule has 0 aromatic heterocycles. The summed E-state index contributed by atoms with van der Waals surface area (Å²) < 4.78 is 5.24. The quantitative estimate of drug-likeness (QED) is 0.583. The number of nitrogens with zero attached hydrogens (tertiary/aromatic N) is 1. The van der Waals surface area contributed by atoms with Crippen molar-refractivity contribution in [1.82, 2.24) is 10.9 Å². The number of Topliss-reactive ketones (excluding diaryl/α,β-unsaturated/α-hetero) is 1. The van der Waals surface area contributed by atoms with Gasteiger partial charge in [-0.05, 0) is 12.1 Å². The highest BCUT2D eigenvalue weighted by molar-refractivity contribution is 5.98. The van der Waals surface area contributed by atoms with Crippen LogP contribution in [0, 0.1) is 11.3 Å². The first kappa shape index (κ1) is 18.7. The lowest BCUT2D eigenvalue weighted by atomic mass is 10.1. The van der Waals surface area contributed by atoms with Crippen LogP contribution in [-0.2, 0) is 9.59 Å². The number of benzene rings is 2. The van der Waals surface area contributed by atoms with Crippen LogP contribution in [0.3, 0.4) is 0 Å². The molecule has 26 heavy (non-hydrogen) atoms. The van der Waals surface area contributed by atoms with E-state index >= 15 is 0 Å². The summed E-state index contributed by atoms with van der Waals surface area (Å²) in [6.07, 6.45) is -0.0100. The number of ketones is 1. The zero-order valence-corrected chi connectivity index (χ0v) is 13.9. The van der Waals surface area contributed by atoms with E-state index in [0.29, 0.717) is 11.1 Å². The van der Waals surface area contributed by atoms with Gasteiger partial charge in [-0.1, -0.05) is 42.5 Å². The predicted octanol–water partition coefficient (Wildman–Crippen LogP) is 1.75. The fraction of sp³-hybridized carbons (Fsp3) is 0.158. The summed E-state index contributed by atoms with van der Waals surface area (Å²) in [7, 11) is 0. The number of hydrogen-bond acceptors (Lipinski definition) is 5. The smallest absolute Gasteiger partial charge is 0.276 e. The third kappa shape index (κ3) is 5.76. The number of hydrogen-bond donors (Lipinski definition) is 2. The van der Waals surface area contributed by atoms with Gasteiger partial charge in [0.15, 0.2) is 12.4 Å². The third-order valence-corrected chi connectivity index (χ3v) is 3.38. The molecule has 0 unspecified atom stereocenters. The molecule has 0 fully saturated rings. The van der Waals surface area contributed by atoms with Crippen LogP contribution in [0.25, 0.3) is 0 Å².